The Morgan fingerprint density at radius 1 is 1.11 bits per heavy atom. The molecule has 100 valence electrons. The van der Waals surface area contributed by atoms with Crippen molar-refractivity contribution < 1.29 is 4.74 Å². The summed E-state index contributed by atoms with van der Waals surface area (Å²) in [5.41, 5.74) is 11.2. The van der Waals surface area contributed by atoms with Gasteiger partial charge in [-0.2, -0.15) is 0 Å². The zero-order chi connectivity index (χ0) is 13.8. The number of anilines is 2. The quantitative estimate of drug-likeness (QED) is 0.823. The fourth-order valence-electron chi connectivity index (χ4n) is 2.00. The molecule has 0 radical (unpaired) electrons. The molecule has 0 aromatic heterocycles. The van der Waals surface area contributed by atoms with Crippen molar-refractivity contribution in [2.24, 2.45) is 0 Å². The molecule has 3 heteroatoms. The van der Waals surface area contributed by atoms with Crippen LogP contribution in [0.25, 0.3) is 0 Å². The number of nitrogens with one attached hydrogen (secondary N) is 1. The van der Waals surface area contributed by atoms with Crippen molar-refractivity contribution in [3.8, 4) is 5.75 Å². The molecule has 0 heterocycles. The standard InChI is InChI=1S/C16H20N2O/c1-11-7-15(16(19-3)8-12(11)2)18-10-13-5-4-6-14(17)9-13/h4-9,18H,10,17H2,1-3H3. The molecule has 3 N–H and O–H groups in total. The van der Waals surface area contributed by atoms with Gasteiger partial charge < -0.3 is 15.8 Å². The molecule has 2 aromatic carbocycles. The van der Waals surface area contributed by atoms with E-state index in [0.717, 1.165) is 29.2 Å². The van der Waals surface area contributed by atoms with Crippen LogP contribution in [0.4, 0.5) is 11.4 Å². The molecule has 0 amide bonds. The number of ether oxygens (including phenoxy) is 1. The second-order valence-electron chi connectivity index (χ2n) is 4.74. The first kappa shape index (κ1) is 13.3. The molecular weight excluding hydrogens is 236 g/mol. The second-order valence-corrected chi connectivity index (χ2v) is 4.74. The van der Waals surface area contributed by atoms with E-state index in [1.54, 1.807) is 7.11 Å². The molecule has 2 aromatic rings. The zero-order valence-corrected chi connectivity index (χ0v) is 11.7. The van der Waals surface area contributed by atoms with Gasteiger partial charge in [-0.25, -0.2) is 0 Å². The normalized spacial score (nSPS) is 10.3. The highest BCUT2D eigenvalue weighted by Gasteiger charge is 2.05. The Morgan fingerprint density at radius 2 is 1.84 bits per heavy atom. The van der Waals surface area contributed by atoms with E-state index in [2.05, 4.69) is 37.4 Å². The van der Waals surface area contributed by atoms with Crippen molar-refractivity contribution in [1.29, 1.82) is 0 Å². The van der Waals surface area contributed by atoms with Gasteiger partial charge in [0.1, 0.15) is 5.75 Å². The molecule has 0 aliphatic rings. The van der Waals surface area contributed by atoms with Gasteiger partial charge in [-0.3, -0.25) is 0 Å². The van der Waals surface area contributed by atoms with Crippen molar-refractivity contribution in [3.05, 3.63) is 53.1 Å². The Bertz CT molecular complexity index is 579. The minimum absolute atomic E-state index is 0.726. The molecule has 0 saturated carbocycles. The van der Waals surface area contributed by atoms with Gasteiger partial charge in [0.05, 0.1) is 12.8 Å². The number of benzene rings is 2. The highest BCUT2D eigenvalue weighted by atomic mass is 16.5. The van der Waals surface area contributed by atoms with Crippen molar-refractivity contribution in [3.63, 3.8) is 0 Å². The second kappa shape index (κ2) is 5.65. The van der Waals surface area contributed by atoms with Crippen molar-refractivity contribution >= 4 is 11.4 Å². The maximum Gasteiger partial charge on any atom is 0.142 e. The van der Waals surface area contributed by atoms with Crippen LogP contribution in [0.2, 0.25) is 0 Å². The van der Waals surface area contributed by atoms with E-state index in [-0.39, 0.29) is 0 Å². The van der Waals surface area contributed by atoms with Gasteiger partial charge in [0.25, 0.3) is 0 Å². The van der Waals surface area contributed by atoms with Crippen LogP contribution in [-0.2, 0) is 6.54 Å². The minimum atomic E-state index is 0.726. The smallest absolute Gasteiger partial charge is 0.142 e. The van der Waals surface area contributed by atoms with Crippen molar-refractivity contribution in [2.75, 3.05) is 18.2 Å². The van der Waals surface area contributed by atoms with E-state index in [1.807, 2.05) is 18.2 Å². The largest absolute Gasteiger partial charge is 0.495 e. The average Bonchev–Trinajstić information content (AvgIpc) is 2.39. The number of rotatable bonds is 4. The number of hydrogen-bond donors (Lipinski definition) is 2. The van der Waals surface area contributed by atoms with E-state index in [0.29, 0.717) is 0 Å². The topological polar surface area (TPSA) is 47.3 Å². The molecule has 0 fully saturated rings. The Kier molecular flexibility index (Phi) is 3.95. The van der Waals surface area contributed by atoms with Crippen LogP contribution >= 0.6 is 0 Å². The molecule has 0 saturated heterocycles. The summed E-state index contributed by atoms with van der Waals surface area (Å²) >= 11 is 0. The summed E-state index contributed by atoms with van der Waals surface area (Å²) in [6.45, 7) is 4.91. The fourth-order valence-corrected chi connectivity index (χ4v) is 2.00. The van der Waals surface area contributed by atoms with Crippen LogP contribution < -0.4 is 15.8 Å². The van der Waals surface area contributed by atoms with Gasteiger partial charge in [-0.15, -0.1) is 0 Å². The van der Waals surface area contributed by atoms with Gasteiger partial charge in [0, 0.05) is 12.2 Å². The van der Waals surface area contributed by atoms with Crippen LogP contribution in [0.1, 0.15) is 16.7 Å². The van der Waals surface area contributed by atoms with Crippen molar-refractivity contribution in [1.82, 2.24) is 0 Å². The van der Waals surface area contributed by atoms with Crippen LogP contribution in [0.15, 0.2) is 36.4 Å². The first-order chi connectivity index (χ1) is 9.10. The lowest BCUT2D eigenvalue weighted by Gasteiger charge is -2.14. The van der Waals surface area contributed by atoms with E-state index >= 15 is 0 Å². The predicted octanol–water partition coefficient (Wildman–Crippen LogP) is 3.51. The van der Waals surface area contributed by atoms with Gasteiger partial charge in [0.15, 0.2) is 0 Å². The van der Waals surface area contributed by atoms with E-state index < -0.39 is 0 Å². The van der Waals surface area contributed by atoms with Gasteiger partial charge in [0.2, 0.25) is 0 Å². The lowest BCUT2D eigenvalue weighted by molar-refractivity contribution is 0.416. The Hall–Kier alpha value is -2.16. The monoisotopic (exact) mass is 256 g/mol. The predicted molar refractivity (Wildman–Crippen MR) is 80.6 cm³/mol. The minimum Gasteiger partial charge on any atom is -0.495 e. The summed E-state index contributed by atoms with van der Waals surface area (Å²) < 4.78 is 5.41. The summed E-state index contributed by atoms with van der Waals surface area (Å²) in [7, 11) is 1.69. The summed E-state index contributed by atoms with van der Waals surface area (Å²) in [5, 5.41) is 3.40. The van der Waals surface area contributed by atoms with Crippen LogP contribution in [0.3, 0.4) is 0 Å². The Balaban J connectivity index is 2.17. The lowest BCUT2D eigenvalue weighted by Crippen LogP contribution is -2.03. The third kappa shape index (κ3) is 3.19. The number of nitrogens with two attached hydrogens (primary N) is 1. The van der Waals surface area contributed by atoms with Crippen molar-refractivity contribution in [2.45, 2.75) is 20.4 Å². The zero-order valence-electron chi connectivity index (χ0n) is 11.7. The average molecular weight is 256 g/mol. The SMILES string of the molecule is COc1cc(C)c(C)cc1NCc1cccc(N)c1. The molecular formula is C16H20N2O. The summed E-state index contributed by atoms with van der Waals surface area (Å²) in [4.78, 5) is 0. The van der Waals surface area contributed by atoms with Gasteiger partial charge in [-0.1, -0.05) is 12.1 Å². The number of aryl methyl sites for hydroxylation is 2. The maximum atomic E-state index is 5.78. The number of hydrogen-bond acceptors (Lipinski definition) is 3. The molecule has 0 bridgehead atoms. The number of methoxy groups -OCH3 is 1. The highest BCUT2D eigenvalue weighted by Crippen LogP contribution is 2.28. The van der Waals surface area contributed by atoms with Gasteiger partial charge >= 0.3 is 0 Å². The molecule has 0 atom stereocenters. The molecule has 0 unspecified atom stereocenters. The van der Waals surface area contributed by atoms with E-state index in [9.17, 15) is 0 Å². The highest BCUT2D eigenvalue weighted by molar-refractivity contribution is 5.60. The maximum absolute atomic E-state index is 5.78. The van der Waals surface area contributed by atoms with Crippen LogP contribution in [0.5, 0.6) is 5.75 Å². The number of nitrogen functional groups attached to an aromatic ring is 1. The van der Waals surface area contributed by atoms with Crippen LogP contribution in [-0.4, -0.2) is 7.11 Å². The van der Waals surface area contributed by atoms with Gasteiger partial charge in [-0.05, 0) is 54.8 Å². The lowest BCUT2D eigenvalue weighted by atomic mass is 10.1. The molecule has 3 nitrogen and oxygen atoms in total. The first-order valence-electron chi connectivity index (χ1n) is 6.33. The molecule has 0 spiro atoms. The van der Waals surface area contributed by atoms with E-state index in [4.69, 9.17) is 10.5 Å². The Labute approximate surface area is 114 Å². The fraction of sp³-hybridized carbons (Fsp3) is 0.250. The van der Waals surface area contributed by atoms with E-state index in [1.165, 1.54) is 11.1 Å². The molecule has 19 heavy (non-hydrogen) atoms. The third-order valence-electron chi connectivity index (χ3n) is 3.25. The Morgan fingerprint density at radius 3 is 2.53 bits per heavy atom. The molecule has 0 aliphatic carbocycles. The third-order valence-corrected chi connectivity index (χ3v) is 3.25. The van der Waals surface area contributed by atoms with Crippen LogP contribution in [0, 0.1) is 13.8 Å². The first-order valence-corrected chi connectivity index (χ1v) is 6.33. The molecule has 2 rings (SSSR count). The summed E-state index contributed by atoms with van der Waals surface area (Å²) in [5.74, 6) is 0.868. The summed E-state index contributed by atoms with van der Waals surface area (Å²) in [6.07, 6.45) is 0. The summed E-state index contributed by atoms with van der Waals surface area (Å²) in [6, 6.07) is 12.0. The molecule has 0 aliphatic heterocycles.